The summed E-state index contributed by atoms with van der Waals surface area (Å²) in [7, 11) is 0.429. The van der Waals surface area contributed by atoms with Crippen molar-refractivity contribution in [3.63, 3.8) is 0 Å². The Morgan fingerprint density at radius 2 is 1.95 bits per heavy atom. The van der Waals surface area contributed by atoms with E-state index in [1.165, 1.54) is 4.88 Å². The smallest absolute Gasteiger partial charge is 0.261 e. The average molecular weight is 348 g/mol. The Bertz CT molecular complexity index is 439. The average Bonchev–Trinajstić information content (AvgIpc) is 2.62. The molecule has 9 heteroatoms. The van der Waals surface area contributed by atoms with Gasteiger partial charge in [-0.2, -0.15) is 8.42 Å². The highest BCUT2D eigenvalue weighted by Gasteiger charge is 2.01. The fraction of sp³-hybridized carbons (Fsp3) is 0.636. The van der Waals surface area contributed by atoms with Crippen LogP contribution in [0.25, 0.3) is 0 Å². The third-order valence-corrected chi connectivity index (χ3v) is 2.57. The number of hydrogen-bond donors (Lipinski definition) is 2. The van der Waals surface area contributed by atoms with Crippen LogP contribution in [0.1, 0.15) is 11.3 Å². The van der Waals surface area contributed by atoms with E-state index in [1.807, 2.05) is 19.5 Å². The van der Waals surface area contributed by atoms with E-state index in [-0.39, 0.29) is 19.0 Å². The van der Waals surface area contributed by atoms with Crippen molar-refractivity contribution in [2.24, 2.45) is 0 Å². The Balaban J connectivity index is 0. The lowest BCUT2D eigenvalue weighted by Crippen LogP contribution is -2.09. The third-order valence-electron chi connectivity index (χ3n) is 1.67. The van der Waals surface area contributed by atoms with Gasteiger partial charge < -0.3 is 14.7 Å². The van der Waals surface area contributed by atoms with E-state index in [0.29, 0.717) is 19.3 Å². The topological polar surface area (TPSA) is 87.1 Å². The molecule has 1 rings (SSSR count). The number of halogens is 1. The first-order chi connectivity index (χ1) is 8.72. The maximum Gasteiger partial charge on any atom is 0.261 e. The van der Waals surface area contributed by atoms with Gasteiger partial charge in [0.2, 0.25) is 0 Å². The molecule has 0 saturated carbocycles. The van der Waals surface area contributed by atoms with Gasteiger partial charge in [-0.1, -0.05) is 0 Å². The molecular formula is C11H22ClNO5S2. The highest BCUT2D eigenvalue weighted by atomic mass is 35.5. The lowest BCUT2D eigenvalue weighted by Gasteiger charge is -2.06. The molecule has 0 aliphatic carbocycles. The number of nitrogens with zero attached hydrogens (tertiary/aromatic N) is 1. The lowest BCUT2D eigenvalue weighted by molar-refractivity contribution is 0.234. The summed E-state index contributed by atoms with van der Waals surface area (Å²) in [4.78, 5) is 3.43. The van der Waals surface area contributed by atoms with Crippen LogP contribution in [0, 0.1) is 0 Å². The zero-order chi connectivity index (χ0) is 14.9. The molecule has 2 N–H and O–H groups in total. The molecule has 0 bridgehead atoms. The molecule has 1 heterocycles. The molecule has 0 radical (unpaired) electrons. The van der Waals surface area contributed by atoms with Crippen molar-refractivity contribution in [2.45, 2.75) is 13.0 Å². The van der Waals surface area contributed by atoms with E-state index in [1.54, 1.807) is 11.3 Å². The summed E-state index contributed by atoms with van der Waals surface area (Å²) in [6.45, 7) is 1.73. The van der Waals surface area contributed by atoms with Gasteiger partial charge in [-0.15, -0.1) is 23.7 Å². The maximum atomic E-state index is 9.19. The lowest BCUT2D eigenvalue weighted by atomic mass is 10.4. The van der Waals surface area contributed by atoms with Crippen molar-refractivity contribution in [3.05, 3.63) is 16.3 Å². The Morgan fingerprint density at radius 1 is 1.40 bits per heavy atom. The molecule has 120 valence electrons. The molecule has 0 saturated heterocycles. The SMILES string of the molecule is CN(C)Cc1cc(OCCCO)cs1.CS(=O)(=O)O.Cl. The van der Waals surface area contributed by atoms with E-state index in [4.69, 9.17) is 14.4 Å². The third kappa shape index (κ3) is 15.7. The minimum Gasteiger partial charge on any atom is -0.493 e. The molecule has 0 unspecified atom stereocenters. The van der Waals surface area contributed by atoms with Gasteiger partial charge in [0.25, 0.3) is 10.1 Å². The number of aliphatic hydroxyl groups excluding tert-OH is 1. The molecule has 0 spiro atoms. The Labute approximate surface area is 130 Å². The normalized spacial score (nSPS) is 10.5. The first-order valence-corrected chi connectivity index (χ1v) is 8.33. The molecule has 0 aromatic carbocycles. The summed E-state index contributed by atoms with van der Waals surface area (Å²) in [5, 5.41) is 10.6. The van der Waals surface area contributed by atoms with Gasteiger partial charge >= 0.3 is 0 Å². The van der Waals surface area contributed by atoms with Crippen LogP contribution in [-0.4, -0.2) is 56.5 Å². The molecule has 6 nitrogen and oxygen atoms in total. The monoisotopic (exact) mass is 347 g/mol. The van der Waals surface area contributed by atoms with Gasteiger partial charge in [0.15, 0.2) is 0 Å². The second kappa shape index (κ2) is 11.3. The van der Waals surface area contributed by atoms with Gasteiger partial charge in [0, 0.05) is 29.8 Å². The second-order valence-corrected chi connectivity index (χ2v) is 6.61. The number of ether oxygens (including phenoxy) is 1. The van der Waals surface area contributed by atoms with E-state index in [9.17, 15) is 8.42 Å². The van der Waals surface area contributed by atoms with E-state index < -0.39 is 10.1 Å². The largest absolute Gasteiger partial charge is 0.493 e. The van der Waals surface area contributed by atoms with Crippen molar-refractivity contribution < 1.29 is 22.8 Å². The van der Waals surface area contributed by atoms with Crippen molar-refractivity contribution >= 4 is 33.9 Å². The van der Waals surface area contributed by atoms with Crippen LogP contribution >= 0.6 is 23.7 Å². The van der Waals surface area contributed by atoms with Crippen LogP contribution in [-0.2, 0) is 16.7 Å². The highest BCUT2D eigenvalue weighted by molar-refractivity contribution is 7.85. The summed E-state index contributed by atoms with van der Waals surface area (Å²) in [5.41, 5.74) is 0. The van der Waals surface area contributed by atoms with Gasteiger partial charge in [0.05, 0.1) is 12.9 Å². The molecule has 0 fully saturated rings. The van der Waals surface area contributed by atoms with E-state index in [2.05, 4.69) is 11.0 Å². The van der Waals surface area contributed by atoms with E-state index in [0.717, 1.165) is 12.3 Å². The van der Waals surface area contributed by atoms with Crippen molar-refractivity contribution in [1.29, 1.82) is 0 Å². The van der Waals surface area contributed by atoms with Crippen LogP contribution in [0.5, 0.6) is 5.75 Å². The fourth-order valence-corrected chi connectivity index (χ4v) is 2.01. The molecule has 0 atom stereocenters. The Hall–Kier alpha value is -0.380. The van der Waals surface area contributed by atoms with Crippen LogP contribution in [0.2, 0.25) is 0 Å². The van der Waals surface area contributed by atoms with Crippen LogP contribution in [0.3, 0.4) is 0 Å². The van der Waals surface area contributed by atoms with Crippen LogP contribution in [0.4, 0.5) is 0 Å². The molecule has 0 amide bonds. The standard InChI is InChI=1S/C10H17NO2S.CH4O3S.ClH/c1-11(2)7-10-6-9(8-14-10)13-5-3-4-12;1-5(2,3)4;/h6,8,12H,3-5,7H2,1-2H3;1H3,(H,2,3,4);1H. The molecule has 0 aliphatic heterocycles. The van der Waals surface area contributed by atoms with Crippen molar-refractivity contribution in [3.8, 4) is 5.75 Å². The second-order valence-electron chi connectivity index (χ2n) is 4.15. The molecule has 0 aliphatic rings. The first-order valence-electron chi connectivity index (χ1n) is 5.60. The van der Waals surface area contributed by atoms with E-state index >= 15 is 0 Å². The van der Waals surface area contributed by atoms with Gasteiger partial charge in [0.1, 0.15) is 5.75 Å². The number of aliphatic hydroxyl groups is 1. The summed E-state index contributed by atoms with van der Waals surface area (Å²) in [5.74, 6) is 0.917. The van der Waals surface area contributed by atoms with Crippen molar-refractivity contribution in [1.82, 2.24) is 4.90 Å². The minimum absolute atomic E-state index is 0. The van der Waals surface area contributed by atoms with Crippen LogP contribution < -0.4 is 4.74 Å². The number of hydrogen-bond acceptors (Lipinski definition) is 6. The summed E-state index contributed by atoms with van der Waals surface area (Å²) in [6, 6.07) is 2.06. The van der Waals surface area contributed by atoms with Crippen LogP contribution in [0.15, 0.2) is 11.4 Å². The fourth-order valence-electron chi connectivity index (χ4n) is 1.09. The zero-order valence-corrected chi connectivity index (χ0v) is 14.2. The quantitative estimate of drug-likeness (QED) is 0.599. The molecule has 20 heavy (non-hydrogen) atoms. The van der Waals surface area contributed by atoms with Gasteiger partial charge in [-0.25, -0.2) is 0 Å². The number of rotatable bonds is 6. The van der Waals surface area contributed by atoms with Crippen molar-refractivity contribution in [2.75, 3.05) is 33.6 Å². The van der Waals surface area contributed by atoms with Gasteiger partial charge in [-0.05, 0) is 20.2 Å². The maximum absolute atomic E-state index is 9.19. The molecule has 1 aromatic rings. The minimum atomic E-state index is -3.67. The summed E-state index contributed by atoms with van der Waals surface area (Å²) in [6.07, 6.45) is 1.41. The number of thiophene rings is 1. The molecular weight excluding hydrogens is 326 g/mol. The summed E-state index contributed by atoms with van der Waals surface area (Å²) >= 11 is 1.71. The first kappa shape index (κ1) is 21.9. The highest BCUT2D eigenvalue weighted by Crippen LogP contribution is 2.22. The Kier molecular flexibility index (Phi) is 12.4. The molecule has 1 aromatic heterocycles. The predicted octanol–water partition coefficient (Wildman–Crippen LogP) is 1.50. The summed E-state index contributed by atoms with van der Waals surface area (Å²) < 4.78 is 31.3. The van der Waals surface area contributed by atoms with Gasteiger partial charge in [-0.3, -0.25) is 4.55 Å². The zero-order valence-electron chi connectivity index (χ0n) is 11.8. The Morgan fingerprint density at radius 3 is 2.40 bits per heavy atom. The predicted molar refractivity (Wildman–Crippen MR) is 83.6 cm³/mol.